The van der Waals surface area contributed by atoms with Crippen LogP contribution in [0.15, 0.2) is 18.3 Å². The lowest BCUT2D eigenvalue weighted by Crippen LogP contribution is -1.95. The summed E-state index contributed by atoms with van der Waals surface area (Å²) in [6.07, 6.45) is 1.31. The number of aromatic nitrogens is 1. The van der Waals surface area contributed by atoms with Crippen LogP contribution in [0.3, 0.4) is 0 Å². The molecule has 0 aliphatic rings. The topological polar surface area (TPSA) is 64.6 Å². The molecule has 1 aromatic rings. The van der Waals surface area contributed by atoms with Gasteiger partial charge < -0.3 is 10.6 Å². The van der Waals surface area contributed by atoms with Crippen LogP contribution in [0, 0.1) is 6.92 Å². The molecule has 76 valence electrons. The number of nitrogens with zero attached hydrogens (tertiary/aromatic N) is 1. The molecule has 1 aromatic heterocycles. The average Bonchev–Trinajstić information content (AvgIpc) is 2.08. The predicted octanol–water partition coefficient (Wildman–Crippen LogP) is 1.64. The molecule has 0 aliphatic heterocycles. The Bertz CT molecular complexity index is 224. The Morgan fingerprint density at radius 1 is 1.38 bits per heavy atom. The van der Waals surface area contributed by atoms with Gasteiger partial charge in [0.25, 0.3) is 0 Å². The Kier molecular flexibility index (Phi) is 8.65. The second kappa shape index (κ2) is 7.71. The lowest BCUT2D eigenvalue weighted by Gasteiger charge is -2.05. The molecular formula is C10H19NO2. The van der Waals surface area contributed by atoms with Gasteiger partial charge in [-0.15, -0.1) is 0 Å². The first-order valence-corrected chi connectivity index (χ1v) is 4.31. The lowest BCUT2D eigenvalue weighted by molar-refractivity contribution is 0.198. The third-order valence-electron chi connectivity index (χ3n) is 1.50. The largest absolute Gasteiger partial charge is 0.412 e. The number of hydrogen-bond donors (Lipinski definition) is 1. The van der Waals surface area contributed by atoms with Crippen LogP contribution in [0.1, 0.15) is 38.1 Å². The Balaban J connectivity index is 0. The first-order valence-electron chi connectivity index (χ1n) is 4.31. The van der Waals surface area contributed by atoms with Crippen LogP contribution in [0.2, 0.25) is 0 Å². The lowest BCUT2D eigenvalue weighted by atomic mass is 10.1. The van der Waals surface area contributed by atoms with Crippen molar-refractivity contribution in [2.24, 2.45) is 0 Å². The van der Waals surface area contributed by atoms with Gasteiger partial charge in [0.05, 0.1) is 6.10 Å². The zero-order chi connectivity index (χ0) is 9.56. The van der Waals surface area contributed by atoms with E-state index in [0.717, 1.165) is 11.3 Å². The second-order valence-electron chi connectivity index (χ2n) is 2.35. The zero-order valence-electron chi connectivity index (χ0n) is 8.70. The molecule has 1 heterocycles. The minimum atomic E-state index is -0.409. The van der Waals surface area contributed by atoms with Gasteiger partial charge in [0, 0.05) is 17.5 Å². The highest BCUT2D eigenvalue weighted by Gasteiger charge is 2.02. The summed E-state index contributed by atoms with van der Waals surface area (Å²) < 4.78 is 0. The molecule has 0 radical (unpaired) electrons. The van der Waals surface area contributed by atoms with Gasteiger partial charge in [0.15, 0.2) is 0 Å². The van der Waals surface area contributed by atoms with Crippen LogP contribution in [0.4, 0.5) is 0 Å². The third kappa shape index (κ3) is 4.60. The maximum absolute atomic E-state index is 9.16. The smallest absolute Gasteiger partial charge is 0.0779 e. The SMILES string of the molecule is CC.Cc1ncccc1C(C)O.O. The molecule has 0 saturated heterocycles. The van der Waals surface area contributed by atoms with Crippen molar-refractivity contribution in [2.45, 2.75) is 33.8 Å². The number of hydrogen-bond acceptors (Lipinski definition) is 2. The van der Waals surface area contributed by atoms with E-state index in [1.165, 1.54) is 0 Å². The van der Waals surface area contributed by atoms with Crippen LogP contribution in [0.25, 0.3) is 0 Å². The summed E-state index contributed by atoms with van der Waals surface area (Å²) in [5.74, 6) is 0. The molecule has 13 heavy (non-hydrogen) atoms. The van der Waals surface area contributed by atoms with E-state index in [2.05, 4.69) is 4.98 Å². The molecule has 3 heteroatoms. The normalized spacial score (nSPS) is 10.5. The maximum atomic E-state index is 9.16. The monoisotopic (exact) mass is 185 g/mol. The van der Waals surface area contributed by atoms with Gasteiger partial charge in [-0.25, -0.2) is 0 Å². The van der Waals surface area contributed by atoms with Crippen molar-refractivity contribution in [1.29, 1.82) is 0 Å². The molecule has 0 bridgehead atoms. The number of aliphatic hydroxyl groups is 1. The molecule has 1 unspecified atom stereocenters. The van der Waals surface area contributed by atoms with Crippen molar-refractivity contribution in [1.82, 2.24) is 4.98 Å². The second-order valence-corrected chi connectivity index (χ2v) is 2.35. The number of rotatable bonds is 1. The van der Waals surface area contributed by atoms with Crippen molar-refractivity contribution in [3.63, 3.8) is 0 Å². The van der Waals surface area contributed by atoms with Gasteiger partial charge in [-0.2, -0.15) is 0 Å². The number of aliphatic hydroxyl groups excluding tert-OH is 1. The van der Waals surface area contributed by atoms with Crippen LogP contribution in [-0.4, -0.2) is 15.6 Å². The molecule has 1 rings (SSSR count). The maximum Gasteiger partial charge on any atom is 0.0779 e. The van der Waals surface area contributed by atoms with Gasteiger partial charge in [-0.3, -0.25) is 4.98 Å². The average molecular weight is 185 g/mol. The fraction of sp³-hybridized carbons (Fsp3) is 0.500. The highest BCUT2D eigenvalue weighted by Crippen LogP contribution is 2.13. The summed E-state index contributed by atoms with van der Waals surface area (Å²) in [5.41, 5.74) is 1.81. The zero-order valence-corrected chi connectivity index (χ0v) is 8.70. The van der Waals surface area contributed by atoms with Gasteiger partial charge in [-0.1, -0.05) is 19.9 Å². The minimum Gasteiger partial charge on any atom is -0.412 e. The highest BCUT2D eigenvalue weighted by atomic mass is 16.3. The van der Waals surface area contributed by atoms with E-state index in [1.807, 2.05) is 32.9 Å². The molecule has 0 saturated carbocycles. The predicted molar refractivity (Wildman–Crippen MR) is 54.6 cm³/mol. The fourth-order valence-corrected chi connectivity index (χ4v) is 0.938. The Morgan fingerprint density at radius 3 is 2.23 bits per heavy atom. The van der Waals surface area contributed by atoms with Crippen LogP contribution in [0.5, 0.6) is 0 Å². The summed E-state index contributed by atoms with van der Waals surface area (Å²) in [7, 11) is 0. The summed E-state index contributed by atoms with van der Waals surface area (Å²) in [6, 6.07) is 3.71. The molecule has 3 nitrogen and oxygen atoms in total. The number of pyridine rings is 1. The fourth-order valence-electron chi connectivity index (χ4n) is 0.938. The van der Waals surface area contributed by atoms with E-state index in [1.54, 1.807) is 13.1 Å². The quantitative estimate of drug-likeness (QED) is 0.723. The molecular weight excluding hydrogens is 166 g/mol. The van der Waals surface area contributed by atoms with E-state index >= 15 is 0 Å². The van der Waals surface area contributed by atoms with Crippen molar-refractivity contribution in [3.05, 3.63) is 29.6 Å². The van der Waals surface area contributed by atoms with E-state index in [4.69, 9.17) is 5.11 Å². The van der Waals surface area contributed by atoms with E-state index < -0.39 is 6.10 Å². The van der Waals surface area contributed by atoms with Crippen LogP contribution < -0.4 is 0 Å². The first-order chi connectivity index (χ1) is 5.72. The molecule has 3 N–H and O–H groups in total. The van der Waals surface area contributed by atoms with Crippen molar-refractivity contribution in [2.75, 3.05) is 0 Å². The summed E-state index contributed by atoms with van der Waals surface area (Å²) in [6.45, 7) is 7.63. The van der Waals surface area contributed by atoms with Gasteiger partial charge in [-0.05, 0) is 19.9 Å². The van der Waals surface area contributed by atoms with Gasteiger partial charge >= 0.3 is 0 Å². The molecule has 0 aromatic carbocycles. The number of aryl methyl sites for hydroxylation is 1. The van der Waals surface area contributed by atoms with Crippen LogP contribution in [-0.2, 0) is 0 Å². The summed E-state index contributed by atoms with van der Waals surface area (Å²) >= 11 is 0. The van der Waals surface area contributed by atoms with E-state index in [9.17, 15) is 0 Å². The third-order valence-corrected chi connectivity index (χ3v) is 1.50. The minimum absolute atomic E-state index is 0. The summed E-state index contributed by atoms with van der Waals surface area (Å²) in [4.78, 5) is 4.04. The Hall–Kier alpha value is -0.930. The van der Waals surface area contributed by atoms with Crippen LogP contribution >= 0.6 is 0 Å². The summed E-state index contributed by atoms with van der Waals surface area (Å²) in [5, 5.41) is 9.16. The van der Waals surface area contributed by atoms with Crippen molar-refractivity contribution < 1.29 is 10.6 Å². The van der Waals surface area contributed by atoms with Gasteiger partial charge in [0.2, 0.25) is 0 Å². The highest BCUT2D eigenvalue weighted by molar-refractivity contribution is 5.19. The molecule has 0 spiro atoms. The molecule has 1 atom stereocenters. The Morgan fingerprint density at radius 2 is 1.92 bits per heavy atom. The van der Waals surface area contributed by atoms with Crippen molar-refractivity contribution in [3.8, 4) is 0 Å². The molecule has 0 amide bonds. The van der Waals surface area contributed by atoms with Crippen molar-refractivity contribution >= 4 is 0 Å². The van der Waals surface area contributed by atoms with Gasteiger partial charge in [0.1, 0.15) is 0 Å². The Labute approximate surface area is 79.8 Å². The molecule has 0 fully saturated rings. The standard InChI is InChI=1S/C8H11NO.C2H6.H2O/c1-6-8(7(2)10)4-3-5-9-6;1-2;/h3-5,7,10H,1-2H3;1-2H3;1H2. The van der Waals surface area contributed by atoms with E-state index in [-0.39, 0.29) is 5.48 Å². The van der Waals surface area contributed by atoms with E-state index in [0.29, 0.717) is 0 Å². The molecule has 0 aliphatic carbocycles. The first kappa shape index (κ1) is 14.6.